The van der Waals surface area contributed by atoms with Crippen LogP contribution in [0.15, 0.2) is 30.5 Å². The lowest BCUT2D eigenvalue weighted by Crippen LogP contribution is -2.36. The van der Waals surface area contributed by atoms with Gasteiger partial charge in [0.1, 0.15) is 18.9 Å². The largest absolute Gasteiger partial charge is 0.486 e. The van der Waals surface area contributed by atoms with Crippen LogP contribution in [0.2, 0.25) is 0 Å². The molecule has 2 aliphatic rings. The zero-order valence-corrected chi connectivity index (χ0v) is 18.2. The molecular formula is C23H28N4O5. The van der Waals surface area contributed by atoms with E-state index in [1.54, 1.807) is 40.3 Å². The lowest BCUT2D eigenvalue weighted by atomic mass is 10.2. The van der Waals surface area contributed by atoms with Crippen LogP contribution in [0, 0.1) is 0 Å². The molecule has 2 aliphatic heterocycles. The molecule has 0 saturated carbocycles. The summed E-state index contributed by atoms with van der Waals surface area (Å²) < 4.78 is 11.0. The Balaban J connectivity index is 1.31. The van der Waals surface area contributed by atoms with Crippen LogP contribution < -0.4 is 14.8 Å². The average molecular weight is 441 g/mol. The van der Waals surface area contributed by atoms with Crippen molar-refractivity contribution >= 4 is 23.3 Å². The number of fused-ring (bicyclic) bond motifs is 1. The van der Waals surface area contributed by atoms with Gasteiger partial charge in [-0.3, -0.25) is 19.3 Å². The molecule has 32 heavy (non-hydrogen) atoms. The van der Waals surface area contributed by atoms with Crippen LogP contribution in [-0.4, -0.2) is 78.3 Å². The highest BCUT2D eigenvalue weighted by molar-refractivity contribution is 6.01. The lowest BCUT2D eigenvalue weighted by molar-refractivity contribution is -0.117. The van der Waals surface area contributed by atoms with E-state index in [4.69, 9.17) is 9.47 Å². The maximum Gasteiger partial charge on any atom is 0.270 e. The second-order valence-corrected chi connectivity index (χ2v) is 7.93. The van der Waals surface area contributed by atoms with Crippen molar-refractivity contribution in [2.24, 2.45) is 0 Å². The predicted octanol–water partition coefficient (Wildman–Crippen LogP) is 2.17. The van der Waals surface area contributed by atoms with Crippen molar-refractivity contribution in [3.05, 3.63) is 41.7 Å². The number of hydrogen-bond donors (Lipinski definition) is 2. The first-order chi connectivity index (χ1) is 15.5. The van der Waals surface area contributed by atoms with E-state index in [-0.39, 0.29) is 30.7 Å². The average Bonchev–Trinajstić information content (AvgIpc) is 3.50. The summed E-state index contributed by atoms with van der Waals surface area (Å²) in [7, 11) is 0. The van der Waals surface area contributed by atoms with Crippen LogP contribution in [0.1, 0.15) is 40.6 Å². The molecule has 170 valence electrons. The van der Waals surface area contributed by atoms with Crippen LogP contribution in [0.5, 0.6) is 11.5 Å². The number of nitrogens with one attached hydrogen (secondary N) is 2. The Morgan fingerprint density at radius 3 is 2.56 bits per heavy atom. The van der Waals surface area contributed by atoms with Crippen LogP contribution in [0.4, 0.5) is 5.69 Å². The highest BCUT2D eigenvalue weighted by Crippen LogP contribution is 2.32. The van der Waals surface area contributed by atoms with Gasteiger partial charge in [-0.25, -0.2) is 0 Å². The van der Waals surface area contributed by atoms with Gasteiger partial charge in [0.2, 0.25) is 5.91 Å². The number of Topliss-reactive ketones (excluding diaryl/α,β-unsaturated/α-hetero) is 1. The number of H-pyrrole nitrogens is 1. The number of hydrogen-bond acceptors (Lipinski definition) is 6. The normalized spacial score (nSPS) is 15.1. The Labute approximate surface area is 186 Å². The fourth-order valence-corrected chi connectivity index (χ4v) is 3.87. The number of anilines is 1. The zero-order valence-electron chi connectivity index (χ0n) is 18.2. The van der Waals surface area contributed by atoms with E-state index in [1.807, 2.05) is 6.92 Å². The van der Waals surface area contributed by atoms with Crippen molar-refractivity contribution in [2.45, 2.75) is 19.8 Å². The topological polar surface area (TPSA) is 104 Å². The monoisotopic (exact) mass is 440 g/mol. The first kappa shape index (κ1) is 21.9. The van der Waals surface area contributed by atoms with Gasteiger partial charge >= 0.3 is 0 Å². The maximum atomic E-state index is 12.7. The summed E-state index contributed by atoms with van der Waals surface area (Å²) in [6.07, 6.45) is 3.59. The van der Waals surface area contributed by atoms with Gasteiger partial charge in [-0.15, -0.1) is 0 Å². The molecule has 2 amide bonds. The Bertz CT molecular complexity index is 996. The minimum absolute atomic E-state index is 0.0701. The number of aromatic nitrogens is 1. The second kappa shape index (κ2) is 9.86. The highest BCUT2D eigenvalue weighted by atomic mass is 16.6. The summed E-state index contributed by atoms with van der Waals surface area (Å²) in [4.78, 5) is 44.2. The van der Waals surface area contributed by atoms with Crippen molar-refractivity contribution in [1.82, 2.24) is 14.8 Å². The first-order valence-corrected chi connectivity index (χ1v) is 11.0. The third-order valence-corrected chi connectivity index (χ3v) is 5.64. The van der Waals surface area contributed by atoms with E-state index in [1.165, 1.54) is 0 Å². The number of benzene rings is 1. The summed E-state index contributed by atoms with van der Waals surface area (Å²) in [5.41, 5.74) is 1.48. The molecule has 2 aromatic rings. The minimum atomic E-state index is -0.227. The fraction of sp³-hybridized carbons (Fsp3) is 0.435. The smallest absolute Gasteiger partial charge is 0.270 e. The van der Waals surface area contributed by atoms with Gasteiger partial charge in [-0.1, -0.05) is 6.92 Å². The highest BCUT2D eigenvalue weighted by Gasteiger charge is 2.22. The molecule has 1 aromatic heterocycles. The molecule has 0 aliphatic carbocycles. The molecule has 4 rings (SSSR count). The Hall–Kier alpha value is -3.33. The number of ether oxygens (including phenoxy) is 2. The number of likely N-dealkylation sites (N-methyl/N-ethyl adjacent to an activating group) is 1. The molecule has 1 aromatic carbocycles. The van der Waals surface area contributed by atoms with Crippen molar-refractivity contribution in [2.75, 3.05) is 51.3 Å². The van der Waals surface area contributed by atoms with E-state index in [9.17, 15) is 14.4 Å². The van der Waals surface area contributed by atoms with E-state index in [0.29, 0.717) is 48.2 Å². The third-order valence-electron chi connectivity index (χ3n) is 5.64. The molecule has 0 unspecified atom stereocenters. The summed E-state index contributed by atoms with van der Waals surface area (Å²) in [6, 6.07) is 6.85. The van der Waals surface area contributed by atoms with E-state index in [0.717, 1.165) is 25.9 Å². The van der Waals surface area contributed by atoms with Gasteiger partial charge in [0.15, 0.2) is 17.3 Å². The number of rotatable bonds is 8. The molecule has 3 heterocycles. The molecule has 0 atom stereocenters. The first-order valence-electron chi connectivity index (χ1n) is 11.0. The number of likely N-dealkylation sites (tertiary alicyclic amines) is 1. The van der Waals surface area contributed by atoms with Crippen LogP contribution in [-0.2, 0) is 4.79 Å². The van der Waals surface area contributed by atoms with Gasteiger partial charge in [-0.05, 0) is 37.6 Å². The Morgan fingerprint density at radius 1 is 1.06 bits per heavy atom. The van der Waals surface area contributed by atoms with E-state index >= 15 is 0 Å². The molecule has 9 heteroatoms. The third kappa shape index (κ3) is 5.11. The van der Waals surface area contributed by atoms with Crippen LogP contribution in [0.25, 0.3) is 0 Å². The quantitative estimate of drug-likeness (QED) is 0.610. The SMILES string of the molecule is CCN(CC(=O)Nc1ccc2c(c1)OCCO2)CC(=O)c1c[nH]c(C(=O)N2CCCC2)c1. The molecule has 9 nitrogen and oxygen atoms in total. The van der Waals surface area contributed by atoms with Gasteiger partial charge < -0.3 is 24.7 Å². The summed E-state index contributed by atoms with van der Waals surface area (Å²) in [5, 5.41) is 2.84. The number of amides is 2. The molecule has 2 N–H and O–H groups in total. The van der Waals surface area contributed by atoms with Gasteiger partial charge in [-0.2, -0.15) is 0 Å². The number of carbonyl (C=O) groups is 3. The number of aromatic amines is 1. The Kier molecular flexibility index (Phi) is 6.75. The molecular weight excluding hydrogens is 412 g/mol. The summed E-state index contributed by atoms with van der Waals surface area (Å²) in [6.45, 7) is 5.07. The van der Waals surface area contributed by atoms with Crippen molar-refractivity contribution in [3.63, 3.8) is 0 Å². The van der Waals surface area contributed by atoms with Gasteiger partial charge in [0.05, 0.1) is 13.1 Å². The summed E-state index contributed by atoms with van der Waals surface area (Å²) in [5.74, 6) is 0.811. The number of nitrogens with zero attached hydrogens (tertiary/aromatic N) is 2. The number of ketones is 1. The predicted molar refractivity (Wildman–Crippen MR) is 118 cm³/mol. The zero-order chi connectivity index (χ0) is 22.5. The molecule has 1 fully saturated rings. The standard InChI is InChI=1S/C23H28N4O5/c1-2-26(15-22(29)25-17-5-6-20-21(12-17)32-10-9-31-20)14-19(28)16-11-18(24-13-16)23(30)27-7-3-4-8-27/h5-6,11-13,24H,2-4,7-10,14-15H2,1H3,(H,25,29). The molecule has 0 radical (unpaired) electrons. The van der Waals surface area contributed by atoms with E-state index < -0.39 is 0 Å². The molecule has 0 spiro atoms. The molecule has 0 bridgehead atoms. The maximum absolute atomic E-state index is 12.7. The van der Waals surface area contributed by atoms with E-state index in [2.05, 4.69) is 10.3 Å². The Morgan fingerprint density at radius 2 is 1.81 bits per heavy atom. The lowest BCUT2D eigenvalue weighted by Gasteiger charge is -2.20. The van der Waals surface area contributed by atoms with Crippen LogP contribution >= 0.6 is 0 Å². The van der Waals surface area contributed by atoms with Crippen molar-refractivity contribution in [3.8, 4) is 11.5 Å². The van der Waals surface area contributed by atoms with Crippen LogP contribution in [0.3, 0.4) is 0 Å². The van der Waals surface area contributed by atoms with Gasteiger partial charge in [0, 0.05) is 36.6 Å². The minimum Gasteiger partial charge on any atom is -0.486 e. The van der Waals surface area contributed by atoms with Crippen molar-refractivity contribution in [1.29, 1.82) is 0 Å². The fourth-order valence-electron chi connectivity index (χ4n) is 3.87. The van der Waals surface area contributed by atoms with Crippen molar-refractivity contribution < 1.29 is 23.9 Å². The molecule has 1 saturated heterocycles. The number of carbonyl (C=O) groups excluding carboxylic acids is 3. The van der Waals surface area contributed by atoms with Gasteiger partial charge in [0.25, 0.3) is 5.91 Å². The second-order valence-electron chi connectivity index (χ2n) is 7.93. The summed E-state index contributed by atoms with van der Waals surface area (Å²) >= 11 is 0.